The van der Waals surface area contributed by atoms with Gasteiger partial charge in [0.1, 0.15) is 18.0 Å². The van der Waals surface area contributed by atoms with E-state index >= 15 is 0 Å². The van der Waals surface area contributed by atoms with Gasteiger partial charge in [0.05, 0.1) is 5.41 Å². The minimum Gasteiger partial charge on any atom is -0.444 e. The van der Waals surface area contributed by atoms with Crippen LogP contribution in [0.5, 0.6) is 0 Å². The molecule has 0 saturated carbocycles. The van der Waals surface area contributed by atoms with E-state index in [9.17, 15) is 19.2 Å². The highest BCUT2D eigenvalue weighted by Gasteiger charge is 2.51. The lowest BCUT2D eigenvalue weighted by atomic mass is 9.79. The predicted octanol–water partition coefficient (Wildman–Crippen LogP) is 4.95. The monoisotopic (exact) mass is 626 g/mol. The molecule has 0 fully saturated rings. The van der Waals surface area contributed by atoms with Crippen LogP contribution < -0.4 is 10.6 Å². The molecule has 1 unspecified atom stereocenters. The van der Waals surface area contributed by atoms with E-state index in [1.165, 1.54) is 9.80 Å². The summed E-state index contributed by atoms with van der Waals surface area (Å²) in [5.41, 5.74) is 3.87. The number of pyridine rings is 1. The Morgan fingerprint density at radius 2 is 1.65 bits per heavy atom. The van der Waals surface area contributed by atoms with Gasteiger partial charge in [-0.25, -0.2) is 14.6 Å². The Morgan fingerprint density at radius 1 is 0.957 bits per heavy atom. The summed E-state index contributed by atoms with van der Waals surface area (Å²) in [6.45, 7) is 8.06. The van der Waals surface area contributed by atoms with Crippen LogP contribution in [0.2, 0.25) is 0 Å². The van der Waals surface area contributed by atoms with Gasteiger partial charge in [-0.05, 0) is 81.0 Å². The van der Waals surface area contributed by atoms with Gasteiger partial charge in [0.25, 0.3) is 0 Å². The summed E-state index contributed by atoms with van der Waals surface area (Å²) in [6.07, 6.45) is 2.29. The molecule has 46 heavy (non-hydrogen) atoms. The third kappa shape index (κ3) is 6.83. The van der Waals surface area contributed by atoms with Gasteiger partial charge in [0.2, 0.25) is 11.8 Å². The summed E-state index contributed by atoms with van der Waals surface area (Å²) in [4.78, 5) is 61.4. The number of aromatic nitrogens is 1. The average Bonchev–Trinajstić information content (AvgIpc) is 3.52. The second-order valence-electron chi connectivity index (χ2n) is 13.1. The lowest BCUT2D eigenvalue weighted by Crippen LogP contribution is -2.44. The van der Waals surface area contributed by atoms with Gasteiger partial charge < -0.3 is 30.1 Å². The maximum absolute atomic E-state index is 13.4. The molecule has 11 heteroatoms. The number of fused-ring (bicyclic) bond motifs is 3. The molecule has 1 spiro atoms. The smallest absolute Gasteiger partial charge is 0.410 e. The van der Waals surface area contributed by atoms with E-state index < -0.39 is 17.1 Å². The first-order chi connectivity index (χ1) is 21.8. The number of nitrogens with one attached hydrogen (secondary N) is 2. The third-order valence-electron chi connectivity index (χ3n) is 8.46. The zero-order valence-electron chi connectivity index (χ0n) is 27.3. The zero-order chi connectivity index (χ0) is 33.2. The largest absolute Gasteiger partial charge is 0.444 e. The van der Waals surface area contributed by atoms with Crippen LogP contribution in [0, 0.1) is 0 Å². The van der Waals surface area contributed by atoms with Gasteiger partial charge in [-0.1, -0.05) is 36.4 Å². The van der Waals surface area contributed by atoms with Crippen molar-refractivity contribution in [1.29, 1.82) is 0 Å². The number of benzene rings is 2. The van der Waals surface area contributed by atoms with Crippen molar-refractivity contribution in [2.75, 3.05) is 37.8 Å². The highest BCUT2D eigenvalue weighted by Crippen LogP contribution is 2.46. The Balaban J connectivity index is 1.30. The number of hydrogen-bond acceptors (Lipinski definition) is 6. The van der Waals surface area contributed by atoms with Gasteiger partial charge in [-0.3, -0.25) is 9.59 Å². The minimum atomic E-state index is -0.701. The van der Waals surface area contributed by atoms with Gasteiger partial charge in [-0.2, -0.15) is 0 Å². The summed E-state index contributed by atoms with van der Waals surface area (Å²) in [6, 6.07) is 16.7. The van der Waals surface area contributed by atoms with Gasteiger partial charge in [-0.15, -0.1) is 0 Å². The fourth-order valence-corrected chi connectivity index (χ4v) is 6.02. The summed E-state index contributed by atoms with van der Waals surface area (Å²) in [7, 11) is 3.36. The maximum atomic E-state index is 13.4. The molecule has 1 atom stereocenters. The summed E-state index contributed by atoms with van der Waals surface area (Å²) in [5, 5.41) is 5.88. The average molecular weight is 627 g/mol. The Kier molecular flexibility index (Phi) is 9.05. The second kappa shape index (κ2) is 12.8. The lowest BCUT2D eigenvalue weighted by molar-refractivity contribution is -0.120. The van der Waals surface area contributed by atoms with E-state index in [1.54, 1.807) is 25.2 Å². The van der Waals surface area contributed by atoms with E-state index in [0.717, 1.165) is 27.8 Å². The van der Waals surface area contributed by atoms with Gasteiger partial charge in [0.15, 0.2) is 0 Å². The Morgan fingerprint density at radius 3 is 2.35 bits per heavy atom. The molecule has 0 bridgehead atoms. The molecule has 0 radical (unpaired) electrons. The first-order valence-electron chi connectivity index (χ1n) is 15.5. The third-order valence-corrected chi connectivity index (χ3v) is 8.46. The van der Waals surface area contributed by atoms with Crippen molar-refractivity contribution >= 4 is 35.4 Å². The number of anilines is 2. The Hall–Kier alpha value is -4.93. The van der Waals surface area contributed by atoms with E-state index in [2.05, 4.69) is 15.6 Å². The van der Waals surface area contributed by atoms with Crippen LogP contribution in [0.25, 0.3) is 0 Å². The van der Waals surface area contributed by atoms with Crippen LogP contribution in [-0.2, 0) is 45.7 Å². The standard InChI is InChI=1S/C35H42N6O5/c1-7-39(5)32(44)41(21-25-12-9-8-11-24(25)20-40(6)33(45)46-34(2,3)4)22-29(42)37-27-15-14-23-18-35(19-26(23)17-27)28-13-10-16-36-30(28)38-31(35)43/h8-17H,7,18-22H2,1-6H3,(H,37,42)(H,36,38,43). The van der Waals surface area contributed by atoms with Crippen molar-refractivity contribution < 1.29 is 23.9 Å². The van der Waals surface area contributed by atoms with E-state index in [0.29, 0.717) is 30.9 Å². The fraction of sp³-hybridized carbons (Fsp3) is 0.400. The van der Waals surface area contributed by atoms with Crippen molar-refractivity contribution in [1.82, 2.24) is 19.7 Å². The van der Waals surface area contributed by atoms with Crippen LogP contribution >= 0.6 is 0 Å². The van der Waals surface area contributed by atoms with E-state index in [1.807, 2.05) is 82.3 Å². The number of carbonyl (C=O) groups excluding carboxylic acids is 4. The summed E-state index contributed by atoms with van der Waals surface area (Å²) < 4.78 is 5.50. The van der Waals surface area contributed by atoms with Crippen molar-refractivity contribution in [2.24, 2.45) is 0 Å². The molecule has 1 aromatic heterocycles. The van der Waals surface area contributed by atoms with Crippen molar-refractivity contribution in [2.45, 2.75) is 64.6 Å². The molecule has 2 aliphatic rings. The first-order valence-corrected chi connectivity index (χ1v) is 15.5. The zero-order valence-corrected chi connectivity index (χ0v) is 27.3. The molecule has 3 aromatic rings. The SMILES string of the molecule is CCN(C)C(=O)N(CC(=O)Nc1ccc2c(c1)CC1(C2)C(=O)Nc2ncccc21)Cc1ccccc1CN(C)C(=O)OC(C)(C)C. The molecule has 2 N–H and O–H groups in total. The minimum absolute atomic E-state index is 0.0604. The topological polar surface area (TPSA) is 124 Å². The Bertz CT molecular complexity index is 1670. The fourth-order valence-electron chi connectivity index (χ4n) is 6.02. The van der Waals surface area contributed by atoms with Crippen LogP contribution in [0.15, 0.2) is 60.8 Å². The van der Waals surface area contributed by atoms with Crippen molar-refractivity contribution in [3.63, 3.8) is 0 Å². The number of carbonyl (C=O) groups is 4. The number of nitrogens with zero attached hydrogens (tertiary/aromatic N) is 4. The molecule has 11 nitrogen and oxygen atoms in total. The van der Waals surface area contributed by atoms with Gasteiger partial charge >= 0.3 is 12.1 Å². The number of hydrogen-bond donors (Lipinski definition) is 2. The highest BCUT2D eigenvalue weighted by molar-refractivity contribution is 6.06. The van der Waals surface area contributed by atoms with Gasteiger partial charge in [0, 0.05) is 51.2 Å². The van der Waals surface area contributed by atoms with Crippen LogP contribution in [0.1, 0.15) is 55.5 Å². The highest BCUT2D eigenvalue weighted by atomic mass is 16.6. The molecule has 0 saturated heterocycles. The second-order valence-corrected chi connectivity index (χ2v) is 13.1. The molecular formula is C35H42N6O5. The van der Waals surface area contributed by atoms with Crippen LogP contribution in [0.4, 0.5) is 21.1 Å². The van der Waals surface area contributed by atoms with Crippen molar-refractivity contribution in [3.8, 4) is 0 Å². The first kappa shape index (κ1) is 32.5. The van der Waals surface area contributed by atoms with E-state index in [-0.39, 0.29) is 37.5 Å². The molecule has 242 valence electrons. The molecule has 5 rings (SSSR count). The normalized spacial score (nSPS) is 16.3. The molecule has 2 aromatic carbocycles. The molecule has 2 heterocycles. The quantitative estimate of drug-likeness (QED) is 0.365. The molecule has 1 aliphatic carbocycles. The number of amides is 5. The summed E-state index contributed by atoms with van der Waals surface area (Å²) in [5.74, 6) is 0.200. The number of urea groups is 1. The number of ether oxygens (including phenoxy) is 1. The van der Waals surface area contributed by atoms with E-state index in [4.69, 9.17) is 4.74 Å². The van der Waals surface area contributed by atoms with Crippen LogP contribution in [0.3, 0.4) is 0 Å². The summed E-state index contributed by atoms with van der Waals surface area (Å²) >= 11 is 0. The molecular weight excluding hydrogens is 584 g/mol. The maximum Gasteiger partial charge on any atom is 0.410 e. The predicted molar refractivity (Wildman–Crippen MR) is 175 cm³/mol. The Labute approximate surface area is 269 Å². The molecule has 5 amide bonds. The molecule has 1 aliphatic heterocycles. The lowest BCUT2D eigenvalue weighted by Gasteiger charge is -2.29. The van der Waals surface area contributed by atoms with Crippen LogP contribution in [-0.4, -0.2) is 76.4 Å². The van der Waals surface area contributed by atoms with Crippen molar-refractivity contribution in [3.05, 3.63) is 88.6 Å². The number of rotatable bonds is 8.